The number of nitriles is 1. The van der Waals surface area contributed by atoms with Crippen molar-refractivity contribution in [3.05, 3.63) is 95.3 Å². The second kappa shape index (κ2) is 8.17. The molecule has 0 saturated heterocycles. The zero-order valence-electron chi connectivity index (χ0n) is 14.5. The molecule has 0 aromatic heterocycles. The number of hydrogen-bond donors (Lipinski definition) is 0. The Morgan fingerprint density at radius 1 is 0.962 bits per heavy atom. The lowest BCUT2D eigenvalue weighted by atomic mass is 10.1. The lowest BCUT2D eigenvalue weighted by molar-refractivity contribution is 0.415. The summed E-state index contributed by atoms with van der Waals surface area (Å²) in [5.41, 5.74) is 3.03. The number of rotatable bonds is 6. The topological polar surface area (TPSA) is 36.3 Å². The molecule has 4 heteroatoms. The Balaban J connectivity index is 1.93. The summed E-state index contributed by atoms with van der Waals surface area (Å²) in [5, 5.41) is 9.10. The lowest BCUT2D eigenvalue weighted by Crippen LogP contribution is -2.22. The Morgan fingerprint density at radius 2 is 1.69 bits per heavy atom. The summed E-state index contributed by atoms with van der Waals surface area (Å²) in [5.74, 6) is 0.460. The van der Waals surface area contributed by atoms with Crippen LogP contribution in [0.4, 0.5) is 10.1 Å². The molecule has 0 heterocycles. The zero-order valence-corrected chi connectivity index (χ0v) is 14.5. The number of hydrogen-bond acceptors (Lipinski definition) is 3. The average Bonchev–Trinajstić information content (AvgIpc) is 2.70. The molecule has 0 fully saturated rings. The van der Waals surface area contributed by atoms with E-state index in [4.69, 9.17) is 10.00 Å². The van der Waals surface area contributed by atoms with Crippen LogP contribution in [0.1, 0.15) is 16.7 Å². The molecule has 0 aliphatic carbocycles. The second-order valence-corrected chi connectivity index (χ2v) is 5.96. The highest BCUT2D eigenvalue weighted by atomic mass is 19.1. The van der Waals surface area contributed by atoms with Crippen LogP contribution in [-0.2, 0) is 13.1 Å². The summed E-state index contributed by atoms with van der Waals surface area (Å²) < 4.78 is 19.5. The van der Waals surface area contributed by atoms with Crippen molar-refractivity contribution < 1.29 is 9.13 Å². The highest BCUT2D eigenvalue weighted by molar-refractivity contribution is 5.50. The first kappa shape index (κ1) is 17.5. The Kier molecular flexibility index (Phi) is 5.50. The Morgan fingerprint density at radius 3 is 2.35 bits per heavy atom. The molecule has 3 aromatic carbocycles. The summed E-state index contributed by atoms with van der Waals surface area (Å²) in [7, 11) is 1.62. The Bertz CT molecular complexity index is 902. The molecule has 0 bridgehead atoms. The predicted molar refractivity (Wildman–Crippen MR) is 100 cm³/mol. The first-order valence-electron chi connectivity index (χ1n) is 8.31. The van der Waals surface area contributed by atoms with Crippen molar-refractivity contribution in [3.8, 4) is 11.8 Å². The van der Waals surface area contributed by atoms with Crippen molar-refractivity contribution in [2.45, 2.75) is 13.1 Å². The maximum Gasteiger partial charge on any atom is 0.128 e. The molecule has 0 unspecified atom stereocenters. The highest BCUT2D eigenvalue weighted by Crippen LogP contribution is 2.24. The van der Waals surface area contributed by atoms with Gasteiger partial charge in [-0.05, 0) is 48.0 Å². The maximum absolute atomic E-state index is 14.3. The molecule has 0 aliphatic rings. The molecular weight excluding hydrogens is 327 g/mol. The van der Waals surface area contributed by atoms with Crippen LogP contribution >= 0.6 is 0 Å². The fourth-order valence-electron chi connectivity index (χ4n) is 2.81. The Hall–Kier alpha value is -3.32. The molecule has 3 rings (SSSR count). The standard InChI is InChI=1S/C22H19FN2O/c1-26-21-10-8-20(9-11-21)25(15-17-5-3-2-4-6-17)16-19-13-18(14-24)7-12-22(19)23/h2-13H,15-16H2,1H3. The minimum absolute atomic E-state index is 0.310. The lowest BCUT2D eigenvalue weighted by Gasteiger charge is -2.26. The number of ether oxygens (including phenoxy) is 1. The summed E-state index contributed by atoms with van der Waals surface area (Å²) in [4.78, 5) is 2.08. The van der Waals surface area contributed by atoms with Gasteiger partial charge in [0.1, 0.15) is 11.6 Å². The highest BCUT2D eigenvalue weighted by Gasteiger charge is 2.12. The van der Waals surface area contributed by atoms with E-state index in [1.54, 1.807) is 13.2 Å². The van der Waals surface area contributed by atoms with E-state index in [0.29, 0.717) is 24.2 Å². The molecule has 0 N–H and O–H groups in total. The summed E-state index contributed by atoms with van der Waals surface area (Å²) in [6, 6.07) is 24.2. The van der Waals surface area contributed by atoms with Crippen molar-refractivity contribution >= 4 is 5.69 Å². The van der Waals surface area contributed by atoms with Crippen LogP contribution < -0.4 is 9.64 Å². The van der Waals surface area contributed by atoms with E-state index < -0.39 is 0 Å². The van der Waals surface area contributed by atoms with Gasteiger partial charge in [0.05, 0.1) is 18.7 Å². The van der Waals surface area contributed by atoms with Crippen molar-refractivity contribution in [3.63, 3.8) is 0 Å². The van der Waals surface area contributed by atoms with Gasteiger partial charge in [-0.1, -0.05) is 30.3 Å². The molecule has 0 saturated carbocycles. The molecule has 130 valence electrons. The smallest absolute Gasteiger partial charge is 0.128 e. The molecule has 0 aliphatic heterocycles. The van der Waals surface area contributed by atoms with Gasteiger partial charge in [0, 0.05) is 24.3 Å². The minimum atomic E-state index is -0.310. The molecule has 3 aromatic rings. The molecule has 0 atom stereocenters. The SMILES string of the molecule is COc1ccc(N(Cc2ccccc2)Cc2cc(C#N)ccc2F)cc1. The van der Waals surface area contributed by atoms with Gasteiger partial charge in [-0.3, -0.25) is 0 Å². The fourth-order valence-corrected chi connectivity index (χ4v) is 2.81. The van der Waals surface area contributed by atoms with Crippen LogP contribution in [0.2, 0.25) is 0 Å². The predicted octanol–water partition coefficient (Wildman–Crippen LogP) is 4.91. The first-order chi connectivity index (χ1) is 12.7. The monoisotopic (exact) mass is 346 g/mol. The van der Waals surface area contributed by atoms with Gasteiger partial charge in [0.25, 0.3) is 0 Å². The number of benzene rings is 3. The maximum atomic E-state index is 14.3. The van der Waals surface area contributed by atoms with Crippen LogP contribution in [0.3, 0.4) is 0 Å². The van der Waals surface area contributed by atoms with Crippen LogP contribution in [-0.4, -0.2) is 7.11 Å². The molecule has 26 heavy (non-hydrogen) atoms. The third-order valence-corrected chi connectivity index (χ3v) is 4.19. The number of methoxy groups -OCH3 is 1. The molecular formula is C22H19FN2O. The van der Waals surface area contributed by atoms with E-state index in [2.05, 4.69) is 11.0 Å². The zero-order chi connectivity index (χ0) is 18.4. The molecule has 3 nitrogen and oxygen atoms in total. The summed E-state index contributed by atoms with van der Waals surface area (Å²) in [6.45, 7) is 0.992. The molecule has 0 amide bonds. The van der Waals surface area contributed by atoms with Gasteiger partial charge in [0.2, 0.25) is 0 Å². The van der Waals surface area contributed by atoms with Gasteiger partial charge in [0.15, 0.2) is 0 Å². The van der Waals surface area contributed by atoms with Gasteiger partial charge in [-0.2, -0.15) is 5.26 Å². The minimum Gasteiger partial charge on any atom is -0.497 e. The van der Waals surface area contributed by atoms with Crippen molar-refractivity contribution in [2.75, 3.05) is 12.0 Å². The van der Waals surface area contributed by atoms with Crippen molar-refractivity contribution in [1.82, 2.24) is 0 Å². The Labute approximate surface area is 152 Å². The van der Waals surface area contributed by atoms with Crippen LogP contribution in [0, 0.1) is 17.1 Å². The van der Waals surface area contributed by atoms with Crippen LogP contribution in [0.25, 0.3) is 0 Å². The third-order valence-electron chi connectivity index (χ3n) is 4.19. The quantitative estimate of drug-likeness (QED) is 0.636. The van der Waals surface area contributed by atoms with E-state index in [-0.39, 0.29) is 5.82 Å². The van der Waals surface area contributed by atoms with E-state index >= 15 is 0 Å². The van der Waals surface area contributed by atoms with Crippen molar-refractivity contribution in [1.29, 1.82) is 5.26 Å². The number of nitrogens with zero attached hydrogens (tertiary/aromatic N) is 2. The molecule has 0 radical (unpaired) electrons. The molecule has 0 spiro atoms. The van der Waals surface area contributed by atoms with E-state index in [1.165, 1.54) is 12.1 Å². The number of anilines is 1. The van der Waals surface area contributed by atoms with Gasteiger partial charge in [-0.25, -0.2) is 4.39 Å². The third kappa shape index (κ3) is 4.20. The fraction of sp³-hybridized carbons (Fsp3) is 0.136. The van der Waals surface area contributed by atoms with Crippen LogP contribution in [0.5, 0.6) is 5.75 Å². The van der Waals surface area contributed by atoms with Gasteiger partial charge < -0.3 is 9.64 Å². The van der Waals surface area contributed by atoms with E-state index in [9.17, 15) is 4.39 Å². The second-order valence-electron chi connectivity index (χ2n) is 5.96. The normalized spacial score (nSPS) is 10.2. The van der Waals surface area contributed by atoms with E-state index in [0.717, 1.165) is 17.0 Å². The number of halogens is 1. The summed E-state index contributed by atoms with van der Waals surface area (Å²) >= 11 is 0. The van der Waals surface area contributed by atoms with Gasteiger partial charge in [-0.15, -0.1) is 0 Å². The average molecular weight is 346 g/mol. The summed E-state index contributed by atoms with van der Waals surface area (Å²) in [6.07, 6.45) is 0. The van der Waals surface area contributed by atoms with Gasteiger partial charge >= 0.3 is 0 Å². The van der Waals surface area contributed by atoms with Crippen molar-refractivity contribution in [2.24, 2.45) is 0 Å². The van der Waals surface area contributed by atoms with E-state index in [1.807, 2.05) is 54.6 Å². The largest absolute Gasteiger partial charge is 0.497 e. The first-order valence-corrected chi connectivity index (χ1v) is 8.31. The van der Waals surface area contributed by atoms with Crippen LogP contribution in [0.15, 0.2) is 72.8 Å².